The van der Waals surface area contributed by atoms with E-state index in [9.17, 15) is 4.79 Å². The van der Waals surface area contributed by atoms with Gasteiger partial charge in [0.2, 0.25) is 5.75 Å². The Kier molecular flexibility index (Phi) is 7.47. The van der Waals surface area contributed by atoms with Crippen LogP contribution in [0.1, 0.15) is 0 Å². The highest BCUT2D eigenvalue weighted by Crippen LogP contribution is 2.42. The first-order valence-corrected chi connectivity index (χ1v) is 11.4. The summed E-state index contributed by atoms with van der Waals surface area (Å²) in [6, 6.07) is 17.0. The maximum atomic E-state index is 12.6. The number of azo groups is 1. The predicted octanol–water partition coefficient (Wildman–Crippen LogP) is 5.55. The van der Waals surface area contributed by atoms with E-state index in [1.807, 2.05) is 55.4 Å². The molecule has 0 bridgehead atoms. The van der Waals surface area contributed by atoms with E-state index in [0.717, 1.165) is 16.8 Å². The lowest BCUT2D eigenvalue weighted by molar-refractivity contribution is 0.324. The molecule has 0 aliphatic carbocycles. The number of nitrogens with zero attached hydrogens (tertiary/aromatic N) is 3. The van der Waals surface area contributed by atoms with E-state index in [-0.39, 0.29) is 5.69 Å². The minimum absolute atomic E-state index is 0.113. The SMILES string of the molecule is COc1ccc(N=Nc2c(-c3cc(OC)c(OC)c(OC)c3)[nH][nH]c2=O)cc1-c1ccc(N(C)C)cc1. The quantitative estimate of drug-likeness (QED) is 0.289. The highest BCUT2D eigenvalue weighted by atomic mass is 16.5. The Morgan fingerprint density at radius 3 is 1.92 bits per heavy atom. The molecule has 0 spiro atoms. The van der Waals surface area contributed by atoms with E-state index in [1.54, 1.807) is 25.3 Å². The Balaban J connectivity index is 1.73. The first-order valence-electron chi connectivity index (χ1n) is 11.4. The van der Waals surface area contributed by atoms with Crippen LogP contribution in [0.5, 0.6) is 23.0 Å². The first-order chi connectivity index (χ1) is 17.9. The summed E-state index contributed by atoms with van der Waals surface area (Å²) in [6.45, 7) is 0. The van der Waals surface area contributed by atoms with Gasteiger partial charge in [-0.3, -0.25) is 15.0 Å². The second kappa shape index (κ2) is 10.9. The van der Waals surface area contributed by atoms with Gasteiger partial charge in [-0.05, 0) is 48.0 Å². The lowest BCUT2D eigenvalue weighted by atomic mass is 10.0. The van der Waals surface area contributed by atoms with Crippen LogP contribution < -0.4 is 29.4 Å². The number of rotatable bonds is 9. The molecule has 4 rings (SSSR count). The van der Waals surface area contributed by atoms with Gasteiger partial charge < -0.3 is 23.8 Å². The lowest BCUT2D eigenvalue weighted by Crippen LogP contribution is -2.07. The van der Waals surface area contributed by atoms with Crippen LogP contribution in [0.2, 0.25) is 0 Å². The molecule has 3 aromatic carbocycles. The molecule has 2 N–H and O–H groups in total. The second-order valence-corrected chi connectivity index (χ2v) is 8.24. The molecule has 0 atom stereocenters. The number of methoxy groups -OCH3 is 4. The molecule has 0 fully saturated rings. The molecule has 10 heteroatoms. The van der Waals surface area contributed by atoms with Crippen molar-refractivity contribution >= 4 is 17.1 Å². The minimum Gasteiger partial charge on any atom is -0.496 e. The van der Waals surface area contributed by atoms with Crippen molar-refractivity contribution in [3.63, 3.8) is 0 Å². The summed E-state index contributed by atoms with van der Waals surface area (Å²) < 4.78 is 21.8. The maximum Gasteiger partial charge on any atom is 0.292 e. The summed E-state index contributed by atoms with van der Waals surface area (Å²) in [6.07, 6.45) is 0. The fourth-order valence-corrected chi connectivity index (χ4v) is 3.91. The number of aromatic nitrogens is 2. The monoisotopic (exact) mass is 503 g/mol. The molecule has 4 aromatic rings. The Hall–Kier alpha value is -4.73. The van der Waals surface area contributed by atoms with Crippen molar-refractivity contribution in [2.75, 3.05) is 47.4 Å². The van der Waals surface area contributed by atoms with Gasteiger partial charge in [-0.25, -0.2) is 0 Å². The molecular weight excluding hydrogens is 474 g/mol. The van der Waals surface area contributed by atoms with Crippen LogP contribution in [-0.4, -0.2) is 52.7 Å². The average Bonchev–Trinajstić information content (AvgIpc) is 3.30. The molecule has 10 nitrogen and oxygen atoms in total. The van der Waals surface area contributed by atoms with E-state index >= 15 is 0 Å². The number of aromatic amines is 2. The van der Waals surface area contributed by atoms with E-state index in [2.05, 4.69) is 20.4 Å². The van der Waals surface area contributed by atoms with Crippen molar-refractivity contribution in [1.82, 2.24) is 10.2 Å². The highest BCUT2D eigenvalue weighted by Gasteiger charge is 2.19. The Bertz CT molecular complexity index is 1450. The number of H-pyrrole nitrogens is 2. The smallest absolute Gasteiger partial charge is 0.292 e. The number of nitrogens with one attached hydrogen (secondary N) is 2. The van der Waals surface area contributed by atoms with E-state index in [4.69, 9.17) is 18.9 Å². The van der Waals surface area contributed by atoms with Gasteiger partial charge in [-0.2, -0.15) is 5.11 Å². The third-order valence-electron chi connectivity index (χ3n) is 5.85. The highest BCUT2D eigenvalue weighted by molar-refractivity contribution is 5.77. The Labute approximate surface area is 214 Å². The Morgan fingerprint density at radius 1 is 0.703 bits per heavy atom. The van der Waals surface area contributed by atoms with E-state index in [0.29, 0.717) is 39.9 Å². The molecule has 0 unspecified atom stereocenters. The van der Waals surface area contributed by atoms with Crippen molar-refractivity contribution in [2.24, 2.45) is 10.2 Å². The largest absolute Gasteiger partial charge is 0.496 e. The number of benzene rings is 3. The van der Waals surface area contributed by atoms with Crippen LogP contribution in [0.15, 0.2) is 69.6 Å². The predicted molar refractivity (Wildman–Crippen MR) is 143 cm³/mol. The van der Waals surface area contributed by atoms with Crippen molar-refractivity contribution in [1.29, 1.82) is 0 Å². The van der Waals surface area contributed by atoms with Crippen molar-refractivity contribution in [2.45, 2.75) is 0 Å². The van der Waals surface area contributed by atoms with Gasteiger partial charge in [-0.15, -0.1) is 5.11 Å². The van der Waals surface area contributed by atoms with Crippen molar-refractivity contribution in [3.05, 3.63) is 65.0 Å². The topological polar surface area (TPSA) is 114 Å². The van der Waals surface area contributed by atoms with Gasteiger partial charge >= 0.3 is 0 Å². The zero-order chi connectivity index (χ0) is 26.5. The zero-order valence-electron chi connectivity index (χ0n) is 21.6. The molecule has 0 aliphatic heterocycles. The van der Waals surface area contributed by atoms with Gasteiger partial charge in [0.05, 0.1) is 39.8 Å². The van der Waals surface area contributed by atoms with E-state index in [1.165, 1.54) is 21.3 Å². The molecule has 0 saturated heterocycles. The normalized spacial score (nSPS) is 11.0. The van der Waals surface area contributed by atoms with Gasteiger partial charge in [0, 0.05) is 30.9 Å². The molecule has 1 aromatic heterocycles. The van der Waals surface area contributed by atoms with Gasteiger partial charge in [0.1, 0.15) is 5.75 Å². The minimum atomic E-state index is -0.416. The van der Waals surface area contributed by atoms with Crippen molar-refractivity contribution in [3.8, 4) is 45.4 Å². The molecule has 0 saturated carbocycles. The molecule has 0 radical (unpaired) electrons. The molecule has 0 amide bonds. The third-order valence-corrected chi connectivity index (χ3v) is 5.85. The molecule has 1 heterocycles. The summed E-state index contributed by atoms with van der Waals surface area (Å²) in [5.74, 6) is 2.04. The van der Waals surface area contributed by atoms with Gasteiger partial charge in [0.15, 0.2) is 17.2 Å². The first kappa shape index (κ1) is 25.4. The zero-order valence-corrected chi connectivity index (χ0v) is 21.6. The summed E-state index contributed by atoms with van der Waals surface area (Å²) in [4.78, 5) is 14.6. The van der Waals surface area contributed by atoms with Crippen LogP contribution in [0.3, 0.4) is 0 Å². The maximum absolute atomic E-state index is 12.6. The molecule has 192 valence electrons. The standard InChI is InChI=1S/C27H29N5O5/c1-32(2)19-10-7-16(8-11-19)20-15-18(9-12-21(20)34-3)28-30-25-24(29-31-27(25)33)17-13-22(35-4)26(37-6)23(14-17)36-5/h7-15H,1-6H3,(H2,29,31,33). The number of hydrogen-bond acceptors (Lipinski definition) is 8. The summed E-state index contributed by atoms with van der Waals surface area (Å²) in [5.41, 5.74) is 4.21. The van der Waals surface area contributed by atoms with Crippen LogP contribution in [0.4, 0.5) is 17.1 Å². The average molecular weight is 504 g/mol. The van der Waals surface area contributed by atoms with Gasteiger partial charge in [0.25, 0.3) is 5.56 Å². The summed E-state index contributed by atoms with van der Waals surface area (Å²) >= 11 is 0. The number of ether oxygens (including phenoxy) is 4. The summed E-state index contributed by atoms with van der Waals surface area (Å²) in [5, 5.41) is 14.1. The van der Waals surface area contributed by atoms with Crippen LogP contribution in [0, 0.1) is 0 Å². The molecule has 37 heavy (non-hydrogen) atoms. The van der Waals surface area contributed by atoms with Crippen molar-refractivity contribution < 1.29 is 18.9 Å². The Morgan fingerprint density at radius 2 is 1.35 bits per heavy atom. The fourth-order valence-electron chi connectivity index (χ4n) is 3.91. The van der Waals surface area contributed by atoms with Gasteiger partial charge in [-0.1, -0.05) is 12.1 Å². The molecule has 0 aliphatic rings. The van der Waals surface area contributed by atoms with E-state index < -0.39 is 5.56 Å². The van der Waals surface area contributed by atoms with Crippen LogP contribution >= 0.6 is 0 Å². The van der Waals surface area contributed by atoms with Crippen LogP contribution in [0.25, 0.3) is 22.4 Å². The number of hydrogen-bond donors (Lipinski definition) is 2. The molecular formula is C27H29N5O5. The second-order valence-electron chi connectivity index (χ2n) is 8.24. The summed E-state index contributed by atoms with van der Waals surface area (Å²) in [7, 11) is 10.2. The lowest BCUT2D eigenvalue weighted by Gasteiger charge is -2.14. The van der Waals surface area contributed by atoms with Crippen LogP contribution in [-0.2, 0) is 0 Å². The number of anilines is 1. The fraction of sp³-hybridized carbons (Fsp3) is 0.222. The third kappa shape index (κ3) is 5.13.